The average molecular weight is 351 g/mol. The van der Waals surface area contributed by atoms with E-state index in [2.05, 4.69) is 64.3 Å². The van der Waals surface area contributed by atoms with E-state index in [9.17, 15) is 0 Å². The third-order valence-corrected chi connectivity index (χ3v) is 5.29. The number of rotatable bonds is 5. The number of hydrogen-bond acceptors (Lipinski definition) is 2. The summed E-state index contributed by atoms with van der Waals surface area (Å²) in [6, 6.07) is 10.2. The normalized spacial score (nSPS) is 27.2. The van der Waals surface area contributed by atoms with Gasteiger partial charge in [-0.15, -0.1) is 0 Å². The minimum absolute atomic E-state index is 0.662. The molecule has 3 rings (SSSR count). The molecule has 1 aromatic carbocycles. The van der Waals surface area contributed by atoms with Crippen LogP contribution in [0.25, 0.3) is 0 Å². The van der Waals surface area contributed by atoms with Crippen molar-refractivity contribution >= 4 is 15.9 Å². The highest BCUT2D eigenvalue weighted by molar-refractivity contribution is 9.10. The van der Waals surface area contributed by atoms with Crippen LogP contribution < -0.4 is 5.32 Å². The average Bonchev–Trinajstić information content (AvgIpc) is 3.25. The molecule has 3 heteroatoms. The SMILES string of the molecule is CC(C)CC1CN(Cc2ccc(Br)cc2)C(C2CC2)CN1. The molecule has 0 radical (unpaired) electrons. The molecule has 0 spiro atoms. The van der Waals surface area contributed by atoms with Gasteiger partial charge in [0.1, 0.15) is 0 Å². The minimum Gasteiger partial charge on any atom is -0.311 e. The second kappa shape index (κ2) is 6.80. The predicted octanol–water partition coefficient (Wildman–Crippen LogP) is 4.05. The van der Waals surface area contributed by atoms with Crippen molar-refractivity contribution < 1.29 is 0 Å². The summed E-state index contributed by atoms with van der Waals surface area (Å²) in [6.07, 6.45) is 4.14. The molecular formula is C18H27BrN2. The van der Waals surface area contributed by atoms with E-state index >= 15 is 0 Å². The number of nitrogens with one attached hydrogen (secondary N) is 1. The third kappa shape index (κ3) is 4.30. The van der Waals surface area contributed by atoms with E-state index in [0.29, 0.717) is 6.04 Å². The van der Waals surface area contributed by atoms with Gasteiger partial charge in [-0.1, -0.05) is 41.9 Å². The molecule has 0 aromatic heterocycles. The first-order chi connectivity index (χ1) is 10.1. The van der Waals surface area contributed by atoms with Crippen LogP contribution in [-0.2, 0) is 6.54 Å². The zero-order valence-corrected chi connectivity index (χ0v) is 14.8. The van der Waals surface area contributed by atoms with Crippen molar-refractivity contribution in [1.29, 1.82) is 0 Å². The molecule has 2 atom stereocenters. The summed E-state index contributed by atoms with van der Waals surface area (Å²) < 4.78 is 1.17. The Labute approximate surface area is 137 Å². The summed E-state index contributed by atoms with van der Waals surface area (Å²) >= 11 is 3.53. The second-order valence-corrected chi connectivity index (χ2v) is 8.11. The summed E-state index contributed by atoms with van der Waals surface area (Å²) in [6.45, 7) is 8.14. The van der Waals surface area contributed by atoms with Crippen LogP contribution in [-0.4, -0.2) is 30.1 Å². The van der Waals surface area contributed by atoms with Crippen molar-refractivity contribution in [3.05, 3.63) is 34.3 Å². The Morgan fingerprint density at radius 2 is 1.95 bits per heavy atom. The van der Waals surface area contributed by atoms with E-state index in [0.717, 1.165) is 24.4 Å². The maximum atomic E-state index is 3.80. The Balaban J connectivity index is 1.66. The molecule has 21 heavy (non-hydrogen) atoms. The van der Waals surface area contributed by atoms with Crippen molar-refractivity contribution in [2.75, 3.05) is 13.1 Å². The van der Waals surface area contributed by atoms with Gasteiger partial charge in [0.25, 0.3) is 0 Å². The summed E-state index contributed by atoms with van der Waals surface area (Å²) in [4.78, 5) is 2.74. The summed E-state index contributed by atoms with van der Waals surface area (Å²) in [5.74, 6) is 1.71. The van der Waals surface area contributed by atoms with Crippen molar-refractivity contribution in [2.45, 2.75) is 51.7 Å². The largest absolute Gasteiger partial charge is 0.311 e. The summed E-state index contributed by atoms with van der Waals surface area (Å²) in [7, 11) is 0. The van der Waals surface area contributed by atoms with E-state index in [-0.39, 0.29) is 0 Å². The Kier molecular flexibility index (Phi) is 5.03. The van der Waals surface area contributed by atoms with Gasteiger partial charge in [-0.05, 0) is 48.8 Å². The third-order valence-electron chi connectivity index (χ3n) is 4.76. The molecule has 1 saturated heterocycles. The molecule has 2 fully saturated rings. The lowest BCUT2D eigenvalue weighted by atomic mass is 9.97. The van der Waals surface area contributed by atoms with Crippen LogP contribution in [0, 0.1) is 11.8 Å². The van der Waals surface area contributed by atoms with Crippen LogP contribution in [0.2, 0.25) is 0 Å². The molecule has 116 valence electrons. The molecule has 0 bridgehead atoms. The summed E-state index contributed by atoms with van der Waals surface area (Å²) in [5, 5.41) is 3.80. The van der Waals surface area contributed by atoms with Crippen LogP contribution in [0.4, 0.5) is 0 Å². The first-order valence-corrected chi connectivity index (χ1v) is 9.13. The van der Waals surface area contributed by atoms with Gasteiger partial charge in [0.05, 0.1) is 0 Å². The zero-order chi connectivity index (χ0) is 14.8. The topological polar surface area (TPSA) is 15.3 Å². The fourth-order valence-corrected chi connectivity index (χ4v) is 3.84. The highest BCUT2D eigenvalue weighted by Gasteiger charge is 2.38. The van der Waals surface area contributed by atoms with E-state index in [1.165, 1.54) is 42.4 Å². The number of hydrogen-bond donors (Lipinski definition) is 1. The molecule has 1 heterocycles. The number of nitrogens with zero attached hydrogens (tertiary/aromatic N) is 1. The Morgan fingerprint density at radius 3 is 2.57 bits per heavy atom. The van der Waals surface area contributed by atoms with Crippen molar-refractivity contribution in [3.8, 4) is 0 Å². The number of piperazine rings is 1. The highest BCUT2D eigenvalue weighted by atomic mass is 79.9. The van der Waals surface area contributed by atoms with Crippen LogP contribution in [0.5, 0.6) is 0 Å². The molecule has 2 aliphatic rings. The maximum Gasteiger partial charge on any atom is 0.0253 e. The quantitative estimate of drug-likeness (QED) is 0.861. The van der Waals surface area contributed by atoms with Gasteiger partial charge in [-0.25, -0.2) is 0 Å². The Hall–Kier alpha value is -0.380. The van der Waals surface area contributed by atoms with E-state index < -0.39 is 0 Å². The van der Waals surface area contributed by atoms with Gasteiger partial charge in [-0.2, -0.15) is 0 Å². The Morgan fingerprint density at radius 1 is 1.24 bits per heavy atom. The maximum absolute atomic E-state index is 3.80. The Bertz CT molecular complexity index is 453. The standard InChI is InChI=1S/C18H27BrN2/c1-13(2)9-17-12-21(18(10-20-17)15-5-6-15)11-14-3-7-16(19)8-4-14/h3-4,7-8,13,15,17-18,20H,5-6,9-12H2,1-2H3. The predicted molar refractivity (Wildman–Crippen MR) is 92.3 cm³/mol. The molecule has 1 saturated carbocycles. The zero-order valence-electron chi connectivity index (χ0n) is 13.2. The van der Waals surface area contributed by atoms with Gasteiger partial charge < -0.3 is 5.32 Å². The number of benzene rings is 1. The molecule has 0 amide bonds. The first kappa shape index (κ1) is 15.5. The molecular weight excluding hydrogens is 324 g/mol. The molecule has 1 N–H and O–H groups in total. The van der Waals surface area contributed by atoms with Crippen molar-refractivity contribution in [1.82, 2.24) is 10.2 Å². The van der Waals surface area contributed by atoms with E-state index in [1.54, 1.807) is 0 Å². The molecule has 1 aromatic rings. The fraction of sp³-hybridized carbons (Fsp3) is 0.667. The smallest absolute Gasteiger partial charge is 0.0253 e. The molecule has 1 aliphatic heterocycles. The van der Waals surface area contributed by atoms with Crippen molar-refractivity contribution in [3.63, 3.8) is 0 Å². The van der Waals surface area contributed by atoms with Crippen molar-refractivity contribution in [2.24, 2.45) is 11.8 Å². The van der Waals surface area contributed by atoms with Gasteiger partial charge in [0.2, 0.25) is 0 Å². The van der Waals surface area contributed by atoms with Crippen LogP contribution in [0.1, 0.15) is 38.7 Å². The van der Waals surface area contributed by atoms with E-state index in [1.807, 2.05) is 0 Å². The number of halogens is 1. The second-order valence-electron chi connectivity index (χ2n) is 7.20. The van der Waals surface area contributed by atoms with Gasteiger partial charge in [-0.3, -0.25) is 4.90 Å². The minimum atomic E-state index is 0.662. The van der Waals surface area contributed by atoms with Crippen LogP contribution in [0.3, 0.4) is 0 Å². The van der Waals surface area contributed by atoms with E-state index in [4.69, 9.17) is 0 Å². The van der Waals surface area contributed by atoms with Crippen LogP contribution >= 0.6 is 15.9 Å². The first-order valence-electron chi connectivity index (χ1n) is 8.33. The monoisotopic (exact) mass is 350 g/mol. The van der Waals surface area contributed by atoms with Gasteiger partial charge >= 0.3 is 0 Å². The van der Waals surface area contributed by atoms with Crippen LogP contribution in [0.15, 0.2) is 28.7 Å². The molecule has 1 aliphatic carbocycles. The van der Waals surface area contributed by atoms with Gasteiger partial charge in [0, 0.05) is 36.2 Å². The molecule has 2 unspecified atom stereocenters. The van der Waals surface area contributed by atoms with Gasteiger partial charge in [0.15, 0.2) is 0 Å². The summed E-state index contributed by atoms with van der Waals surface area (Å²) in [5.41, 5.74) is 1.44. The lowest BCUT2D eigenvalue weighted by Gasteiger charge is -2.41. The molecule has 2 nitrogen and oxygen atoms in total. The lowest BCUT2D eigenvalue weighted by Crippen LogP contribution is -2.57. The lowest BCUT2D eigenvalue weighted by molar-refractivity contribution is 0.100. The highest BCUT2D eigenvalue weighted by Crippen LogP contribution is 2.37. The fourth-order valence-electron chi connectivity index (χ4n) is 3.58.